The normalized spacial score (nSPS) is 17.8. The summed E-state index contributed by atoms with van der Waals surface area (Å²) in [6, 6.07) is 8.73. The zero-order chi connectivity index (χ0) is 17.2. The maximum absolute atomic E-state index is 10.7. The molecule has 1 aliphatic heterocycles. The maximum atomic E-state index is 10.7. The predicted molar refractivity (Wildman–Crippen MR) is 93.1 cm³/mol. The Bertz CT molecular complexity index is 860. The van der Waals surface area contributed by atoms with E-state index in [2.05, 4.69) is 31.9 Å². The standard InChI is InChI=1S/C17H16N4O3S/c22-21(23)14-5-3-12(4-6-14)17-18-16(24-19-17)10-20-8-1-2-15(20)13-7-9-25-11-13/h3-7,9,11,15H,1-2,8,10H2. The molecule has 1 unspecified atom stereocenters. The molecule has 3 aromatic rings. The van der Waals surface area contributed by atoms with Gasteiger partial charge < -0.3 is 4.52 Å². The Labute approximate surface area is 148 Å². The quantitative estimate of drug-likeness (QED) is 0.506. The van der Waals surface area contributed by atoms with Gasteiger partial charge in [-0.15, -0.1) is 0 Å². The second-order valence-corrected chi connectivity index (χ2v) is 6.78. The fraction of sp³-hybridized carbons (Fsp3) is 0.294. The minimum Gasteiger partial charge on any atom is -0.338 e. The van der Waals surface area contributed by atoms with Gasteiger partial charge in [0.2, 0.25) is 11.7 Å². The molecule has 3 heterocycles. The third kappa shape index (κ3) is 3.31. The molecule has 1 fully saturated rings. The van der Waals surface area contributed by atoms with E-state index in [4.69, 9.17) is 4.52 Å². The van der Waals surface area contributed by atoms with Crippen LogP contribution in [0, 0.1) is 10.1 Å². The molecule has 7 nitrogen and oxygen atoms in total. The van der Waals surface area contributed by atoms with Crippen molar-refractivity contribution in [1.82, 2.24) is 15.0 Å². The zero-order valence-electron chi connectivity index (χ0n) is 13.4. The van der Waals surface area contributed by atoms with Gasteiger partial charge in [0.1, 0.15) is 0 Å². The monoisotopic (exact) mass is 356 g/mol. The van der Waals surface area contributed by atoms with Gasteiger partial charge in [0.05, 0.1) is 11.5 Å². The summed E-state index contributed by atoms with van der Waals surface area (Å²) < 4.78 is 5.39. The highest BCUT2D eigenvalue weighted by Crippen LogP contribution is 2.34. The van der Waals surface area contributed by atoms with Gasteiger partial charge in [-0.1, -0.05) is 5.16 Å². The minimum absolute atomic E-state index is 0.0446. The summed E-state index contributed by atoms with van der Waals surface area (Å²) in [4.78, 5) is 17.1. The van der Waals surface area contributed by atoms with Crippen LogP contribution in [0.1, 0.15) is 30.3 Å². The van der Waals surface area contributed by atoms with Gasteiger partial charge in [-0.05, 0) is 53.9 Å². The zero-order valence-corrected chi connectivity index (χ0v) is 14.2. The van der Waals surface area contributed by atoms with Crippen molar-refractivity contribution in [1.29, 1.82) is 0 Å². The number of hydrogen-bond donors (Lipinski definition) is 0. The van der Waals surface area contributed by atoms with Gasteiger partial charge >= 0.3 is 0 Å². The molecule has 25 heavy (non-hydrogen) atoms. The Morgan fingerprint density at radius 3 is 2.88 bits per heavy atom. The van der Waals surface area contributed by atoms with E-state index in [0.29, 0.717) is 29.9 Å². The van der Waals surface area contributed by atoms with Crippen LogP contribution in [-0.2, 0) is 6.54 Å². The number of hydrogen-bond acceptors (Lipinski definition) is 7. The van der Waals surface area contributed by atoms with Crippen LogP contribution in [0.4, 0.5) is 5.69 Å². The number of aromatic nitrogens is 2. The lowest BCUT2D eigenvalue weighted by atomic mass is 10.1. The van der Waals surface area contributed by atoms with Gasteiger partial charge in [0.25, 0.3) is 5.69 Å². The van der Waals surface area contributed by atoms with Gasteiger partial charge in [0.15, 0.2) is 0 Å². The summed E-state index contributed by atoms with van der Waals surface area (Å²) in [5, 5.41) is 19.0. The van der Waals surface area contributed by atoms with Crippen LogP contribution in [-0.4, -0.2) is 26.5 Å². The molecule has 128 valence electrons. The lowest BCUT2D eigenvalue weighted by molar-refractivity contribution is -0.384. The SMILES string of the molecule is O=[N+]([O-])c1ccc(-c2noc(CN3CCCC3c3ccsc3)n2)cc1. The van der Waals surface area contributed by atoms with Gasteiger partial charge in [0, 0.05) is 23.7 Å². The number of likely N-dealkylation sites (tertiary alicyclic amines) is 1. The second kappa shape index (κ2) is 6.73. The fourth-order valence-electron chi connectivity index (χ4n) is 3.20. The van der Waals surface area contributed by atoms with Crippen LogP contribution in [0.25, 0.3) is 11.4 Å². The molecule has 8 heteroatoms. The van der Waals surface area contributed by atoms with Crippen LogP contribution < -0.4 is 0 Å². The van der Waals surface area contributed by atoms with Crippen LogP contribution in [0.3, 0.4) is 0 Å². The summed E-state index contributed by atoms with van der Waals surface area (Å²) in [6.45, 7) is 1.62. The summed E-state index contributed by atoms with van der Waals surface area (Å²) in [7, 11) is 0. The molecule has 0 spiro atoms. The molecule has 0 bridgehead atoms. The number of nitrogens with zero attached hydrogens (tertiary/aromatic N) is 4. The van der Waals surface area contributed by atoms with Gasteiger partial charge in [-0.25, -0.2) is 0 Å². The first-order valence-corrected chi connectivity index (χ1v) is 8.98. The number of rotatable bonds is 5. The first-order valence-electron chi connectivity index (χ1n) is 8.04. The molecule has 0 aliphatic carbocycles. The third-order valence-electron chi connectivity index (χ3n) is 4.43. The number of nitro groups is 1. The Morgan fingerprint density at radius 1 is 1.32 bits per heavy atom. The Morgan fingerprint density at radius 2 is 2.16 bits per heavy atom. The van der Waals surface area contributed by atoms with Crippen molar-refractivity contribution >= 4 is 17.0 Å². The summed E-state index contributed by atoms with van der Waals surface area (Å²) in [5.41, 5.74) is 2.09. The van der Waals surface area contributed by atoms with Crippen molar-refractivity contribution in [3.63, 3.8) is 0 Å². The molecule has 0 saturated carbocycles. The number of thiophene rings is 1. The van der Waals surface area contributed by atoms with Gasteiger partial charge in [-0.2, -0.15) is 16.3 Å². The predicted octanol–water partition coefficient (Wildman–Crippen LogP) is 4.04. The second-order valence-electron chi connectivity index (χ2n) is 6.00. The molecule has 0 radical (unpaired) electrons. The molecule has 0 amide bonds. The van der Waals surface area contributed by atoms with E-state index < -0.39 is 4.92 Å². The van der Waals surface area contributed by atoms with E-state index in [1.54, 1.807) is 23.5 Å². The van der Waals surface area contributed by atoms with Crippen LogP contribution in [0.2, 0.25) is 0 Å². The first kappa shape index (κ1) is 15.9. The summed E-state index contributed by atoms with van der Waals surface area (Å²) >= 11 is 1.71. The molecule has 1 atom stereocenters. The van der Waals surface area contributed by atoms with E-state index in [0.717, 1.165) is 19.4 Å². The van der Waals surface area contributed by atoms with Crippen molar-refractivity contribution in [3.8, 4) is 11.4 Å². The van der Waals surface area contributed by atoms with Crippen molar-refractivity contribution in [2.45, 2.75) is 25.4 Å². The van der Waals surface area contributed by atoms with Crippen molar-refractivity contribution in [2.24, 2.45) is 0 Å². The first-order chi connectivity index (χ1) is 12.2. The average molecular weight is 356 g/mol. The Hall–Kier alpha value is -2.58. The van der Waals surface area contributed by atoms with E-state index in [1.807, 2.05) is 0 Å². The number of nitro benzene ring substituents is 1. The van der Waals surface area contributed by atoms with E-state index >= 15 is 0 Å². The molecule has 4 rings (SSSR count). The number of non-ortho nitro benzene ring substituents is 1. The van der Waals surface area contributed by atoms with E-state index in [9.17, 15) is 10.1 Å². The highest BCUT2D eigenvalue weighted by Gasteiger charge is 2.27. The molecule has 2 aromatic heterocycles. The van der Waals surface area contributed by atoms with Crippen LogP contribution in [0.15, 0.2) is 45.6 Å². The molecule has 1 saturated heterocycles. The summed E-state index contributed by atoms with van der Waals surface area (Å²) in [5.74, 6) is 1.02. The topological polar surface area (TPSA) is 85.3 Å². The average Bonchev–Trinajstić information content (AvgIpc) is 3.37. The van der Waals surface area contributed by atoms with E-state index in [-0.39, 0.29) is 5.69 Å². The molecular formula is C17H16N4O3S. The number of benzene rings is 1. The smallest absolute Gasteiger partial charge is 0.269 e. The lowest BCUT2D eigenvalue weighted by Crippen LogP contribution is -2.22. The van der Waals surface area contributed by atoms with Crippen molar-refractivity contribution < 1.29 is 9.45 Å². The Kier molecular flexibility index (Phi) is 4.29. The van der Waals surface area contributed by atoms with Gasteiger partial charge in [-0.3, -0.25) is 15.0 Å². The highest BCUT2D eigenvalue weighted by molar-refractivity contribution is 7.07. The van der Waals surface area contributed by atoms with E-state index in [1.165, 1.54) is 17.7 Å². The summed E-state index contributed by atoms with van der Waals surface area (Å²) in [6.07, 6.45) is 2.30. The molecular weight excluding hydrogens is 340 g/mol. The fourth-order valence-corrected chi connectivity index (χ4v) is 3.91. The minimum atomic E-state index is -0.427. The lowest BCUT2D eigenvalue weighted by Gasteiger charge is -2.21. The maximum Gasteiger partial charge on any atom is 0.269 e. The van der Waals surface area contributed by atoms with Crippen LogP contribution in [0.5, 0.6) is 0 Å². The molecule has 1 aliphatic rings. The Balaban J connectivity index is 1.48. The van der Waals surface area contributed by atoms with Crippen LogP contribution >= 0.6 is 11.3 Å². The largest absolute Gasteiger partial charge is 0.338 e. The van der Waals surface area contributed by atoms with Crippen molar-refractivity contribution in [3.05, 3.63) is 62.7 Å². The van der Waals surface area contributed by atoms with Crippen molar-refractivity contribution in [2.75, 3.05) is 6.54 Å². The highest BCUT2D eigenvalue weighted by atomic mass is 32.1. The third-order valence-corrected chi connectivity index (χ3v) is 5.14. The molecule has 0 N–H and O–H groups in total. The molecule has 1 aromatic carbocycles.